The standard InChI is InChI=1S/C20H18N4O2/c1-14(15-7-3-2-4-8-15)24-18-10-6-5-9-17(18)21-20(24)22-19(25)13-16-11-12-26-23-16/h2-12,14H,13H2,1H3,(H,21,22,25). The lowest BCUT2D eigenvalue weighted by Gasteiger charge is -2.18. The molecule has 6 heteroatoms. The van der Waals surface area contributed by atoms with Gasteiger partial charge in [0.15, 0.2) is 0 Å². The summed E-state index contributed by atoms with van der Waals surface area (Å²) in [6, 6.07) is 19.7. The summed E-state index contributed by atoms with van der Waals surface area (Å²) >= 11 is 0. The van der Waals surface area contributed by atoms with E-state index in [1.54, 1.807) is 6.07 Å². The van der Waals surface area contributed by atoms with Crippen LogP contribution in [0.25, 0.3) is 11.0 Å². The number of nitrogens with one attached hydrogen (secondary N) is 1. The van der Waals surface area contributed by atoms with Gasteiger partial charge in [-0.25, -0.2) is 4.98 Å². The van der Waals surface area contributed by atoms with Crippen LogP contribution >= 0.6 is 0 Å². The van der Waals surface area contributed by atoms with Gasteiger partial charge >= 0.3 is 0 Å². The second-order valence-corrected chi connectivity index (χ2v) is 6.10. The second kappa shape index (κ2) is 6.84. The van der Waals surface area contributed by atoms with Crippen molar-refractivity contribution in [1.29, 1.82) is 0 Å². The van der Waals surface area contributed by atoms with E-state index in [1.807, 2.05) is 47.0 Å². The molecule has 1 amide bonds. The largest absolute Gasteiger partial charge is 0.364 e. The molecule has 0 radical (unpaired) electrons. The third-order valence-electron chi connectivity index (χ3n) is 4.35. The summed E-state index contributed by atoms with van der Waals surface area (Å²) in [4.78, 5) is 17.0. The summed E-state index contributed by atoms with van der Waals surface area (Å²) in [6.45, 7) is 2.09. The highest BCUT2D eigenvalue weighted by molar-refractivity contribution is 5.92. The van der Waals surface area contributed by atoms with Gasteiger partial charge in [0, 0.05) is 6.07 Å². The molecule has 0 aliphatic rings. The van der Waals surface area contributed by atoms with E-state index in [4.69, 9.17) is 4.52 Å². The van der Waals surface area contributed by atoms with Gasteiger partial charge in [-0.3, -0.25) is 10.1 Å². The first-order chi connectivity index (χ1) is 12.7. The first kappa shape index (κ1) is 16.1. The summed E-state index contributed by atoms with van der Waals surface area (Å²) < 4.78 is 6.83. The number of aromatic nitrogens is 3. The molecule has 0 saturated carbocycles. The van der Waals surface area contributed by atoms with Crippen LogP contribution in [0.3, 0.4) is 0 Å². The molecule has 2 heterocycles. The third kappa shape index (κ3) is 3.09. The van der Waals surface area contributed by atoms with Gasteiger partial charge < -0.3 is 9.09 Å². The Bertz CT molecular complexity index is 1020. The maximum atomic E-state index is 12.4. The highest BCUT2D eigenvalue weighted by Gasteiger charge is 2.19. The van der Waals surface area contributed by atoms with Crippen molar-refractivity contribution in [2.24, 2.45) is 0 Å². The Morgan fingerprint density at radius 2 is 1.88 bits per heavy atom. The fourth-order valence-electron chi connectivity index (χ4n) is 3.07. The van der Waals surface area contributed by atoms with E-state index in [1.165, 1.54) is 6.26 Å². The second-order valence-electron chi connectivity index (χ2n) is 6.10. The van der Waals surface area contributed by atoms with Gasteiger partial charge in [0.25, 0.3) is 0 Å². The zero-order valence-electron chi connectivity index (χ0n) is 14.3. The number of hydrogen-bond donors (Lipinski definition) is 1. The molecule has 130 valence electrons. The molecule has 4 rings (SSSR count). The molecule has 0 aliphatic heterocycles. The average molecular weight is 346 g/mol. The number of carbonyl (C=O) groups is 1. The molecule has 6 nitrogen and oxygen atoms in total. The molecule has 1 N–H and O–H groups in total. The topological polar surface area (TPSA) is 73.0 Å². The van der Waals surface area contributed by atoms with Crippen molar-refractivity contribution in [1.82, 2.24) is 14.7 Å². The smallest absolute Gasteiger partial charge is 0.232 e. The predicted molar refractivity (Wildman–Crippen MR) is 98.8 cm³/mol. The minimum atomic E-state index is -0.185. The molecular formula is C20H18N4O2. The van der Waals surface area contributed by atoms with Gasteiger partial charge in [-0.05, 0) is 24.6 Å². The van der Waals surface area contributed by atoms with E-state index in [2.05, 4.69) is 34.5 Å². The van der Waals surface area contributed by atoms with E-state index in [0.29, 0.717) is 11.6 Å². The molecule has 1 unspecified atom stereocenters. The van der Waals surface area contributed by atoms with Crippen molar-refractivity contribution < 1.29 is 9.32 Å². The number of nitrogens with zero attached hydrogens (tertiary/aromatic N) is 3. The Hall–Kier alpha value is -3.41. The molecule has 4 aromatic rings. The average Bonchev–Trinajstić information content (AvgIpc) is 3.29. The predicted octanol–water partition coefficient (Wildman–Crippen LogP) is 3.81. The van der Waals surface area contributed by atoms with E-state index in [9.17, 15) is 4.79 Å². The lowest BCUT2D eigenvalue weighted by molar-refractivity contribution is -0.115. The van der Waals surface area contributed by atoms with Crippen LogP contribution in [0.5, 0.6) is 0 Å². The number of imidazole rings is 1. The highest BCUT2D eigenvalue weighted by Crippen LogP contribution is 2.28. The van der Waals surface area contributed by atoms with Crippen LogP contribution in [0.2, 0.25) is 0 Å². The molecule has 2 aromatic heterocycles. The van der Waals surface area contributed by atoms with Gasteiger partial charge in [0.05, 0.1) is 29.2 Å². The van der Waals surface area contributed by atoms with Crippen LogP contribution in [0.4, 0.5) is 5.95 Å². The molecule has 0 fully saturated rings. The summed E-state index contributed by atoms with van der Waals surface area (Å²) in [7, 11) is 0. The van der Waals surface area contributed by atoms with Crippen LogP contribution in [0.15, 0.2) is 71.4 Å². The molecule has 26 heavy (non-hydrogen) atoms. The van der Waals surface area contributed by atoms with Gasteiger partial charge in [-0.1, -0.05) is 47.6 Å². The molecule has 0 spiro atoms. The lowest BCUT2D eigenvalue weighted by atomic mass is 10.1. The maximum Gasteiger partial charge on any atom is 0.232 e. The Morgan fingerprint density at radius 1 is 1.12 bits per heavy atom. The fourth-order valence-corrected chi connectivity index (χ4v) is 3.07. The zero-order valence-corrected chi connectivity index (χ0v) is 14.3. The number of benzene rings is 2. The van der Waals surface area contributed by atoms with Crippen molar-refractivity contribution in [3.05, 3.63) is 78.2 Å². The number of fused-ring (bicyclic) bond motifs is 1. The maximum absolute atomic E-state index is 12.4. The van der Waals surface area contributed by atoms with E-state index in [-0.39, 0.29) is 18.4 Å². The Kier molecular flexibility index (Phi) is 4.23. The molecule has 0 bridgehead atoms. The van der Waals surface area contributed by atoms with E-state index in [0.717, 1.165) is 16.6 Å². The number of carbonyl (C=O) groups excluding carboxylic acids is 1. The summed E-state index contributed by atoms with van der Waals surface area (Å²) in [5.41, 5.74) is 3.54. The molecule has 0 aliphatic carbocycles. The first-order valence-corrected chi connectivity index (χ1v) is 8.43. The lowest BCUT2D eigenvalue weighted by Crippen LogP contribution is -2.19. The van der Waals surface area contributed by atoms with Gasteiger partial charge in [0.1, 0.15) is 6.26 Å². The van der Waals surface area contributed by atoms with E-state index < -0.39 is 0 Å². The van der Waals surface area contributed by atoms with Crippen molar-refractivity contribution in [3.8, 4) is 0 Å². The molecule has 1 atom stereocenters. The molecule has 0 saturated heterocycles. The van der Waals surface area contributed by atoms with Crippen LogP contribution < -0.4 is 5.32 Å². The number of amides is 1. The fraction of sp³-hybridized carbons (Fsp3) is 0.150. The normalized spacial score (nSPS) is 12.2. The number of hydrogen-bond acceptors (Lipinski definition) is 4. The van der Waals surface area contributed by atoms with Crippen LogP contribution in [-0.2, 0) is 11.2 Å². The van der Waals surface area contributed by atoms with Crippen molar-refractivity contribution in [2.45, 2.75) is 19.4 Å². The Morgan fingerprint density at radius 3 is 2.65 bits per heavy atom. The minimum Gasteiger partial charge on any atom is -0.364 e. The van der Waals surface area contributed by atoms with Crippen LogP contribution in [0, 0.1) is 0 Å². The van der Waals surface area contributed by atoms with Gasteiger partial charge in [0.2, 0.25) is 11.9 Å². The first-order valence-electron chi connectivity index (χ1n) is 8.43. The Labute approximate surface area is 150 Å². The van der Waals surface area contributed by atoms with Gasteiger partial charge in [-0.2, -0.15) is 0 Å². The Balaban J connectivity index is 1.71. The number of anilines is 1. The summed E-state index contributed by atoms with van der Waals surface area (Å²) in [5.74, 6) is 0.340. The quantitative estimate of drug-likeness (QED) is 0.596. The summed E-state index contributed by atoms with van der Waals surface area (Å²) in [5, 5.41) is 6.70. The number of rotatable bonds is 5. The van der Waals surface area contributed by atoms with E-state index >= 15 is 0 Å². The SMILES string of the molecule is CC(c1ccccc1)n1c(NC(=O)Cc2ccon2)nc2ccccc21. The monoisotopic (exact) mass is 346 g/mol. The molecular weight excluding hydrogens is 328 g/mol. The number of para-hydroxylation sites is 2. The van der Waals surface area contributed by atoms with Crippen molar-refractivity contribution >= 4 is 22.9 Å². The van der Waals surface area contributed by atoms with Crippen LogP contribution in [0.1, 0.15) is 24.2 Å². The zero-order chi connectivity index (χ0) is 17.9. The third-order valence-corrected chi connectivity index (χ3v) is 4.35. The minimum absolute atomic E-state index is 0.0194. The van der Waals surface area contributed by atoms with Crippen LogP contribution in [-0.4, -0.2) is 20.6 Å². The highest BCUT2D eigenvalue weighted by atomic mass is 16.5. The summed E-state index contributed by atoms with van der Waals surface area (Å²) in [6.07, 6.45) is 1.59. The molecule has 2 aromatic carbocycles. The van der Waals surface area contributed by atoms with Crippen molar-refractivity contribution in [3.63, 3.8) is 0 Å². The van der Waals surface area contributed by atoms with Crippen molar-refractivity contribution in [2.75, 3.05) is 5.32 Å². The van der Waals surface area contributed by atoms with Gasteiger partial charge in [-0.15, -0.1) is 0 Å².